The van der Waals surface area contributed by atoms with E-state index in [1.165, 1.54) is 0 Å². The normalized spacial score (nSPS) is 13.9. The summed E-state index contributed by atoms with van der Waals surface area (Å²) in [7, 11) is -1.44. The number of nitrogens with one attached hydrogen (secondary N) is 2. The molecule has 6 heteroatoms. The summed E-state index contributed by atoms with van der Waals surface area (Å²) in [5, 5.41) is 2.44. The Hall–Kier alpha value is -0.170. The van der Waals surface area contributed by atoms with Crippen LogP contribution in [0.5, 0.6) is 0 Å². The average molecular weight is 252 g/mol. The molecule has 0 aromatic carbocycles. The smallest absolute Gasteiger partial charge is 0.215 e. The molecule has 0 aliphatic rings. The summed E-state index contributed by atoms with van der Waals surface area (Å²) in [6, 6.07) is 0. The third-order valence-corrected chi connectivity index (χ3v) is 3.97. The van der Waals surface area contributed by atoms with Gasteiger partial charge in [0.05, 0.1) is 5.25 Å². The van der Waals surface area contributed by atoms with E-state index in [-0.39, 0.29) is 0 Å². The van der Waals surface area contributed by atoms with Crippen molar-refractivity contribution in [3.63, 3.8) is 0 Å². The first-order chi connectivity index (χ1) is 7.54. The van der Waals surface area contributed by atoms with Gasteiger partial charge in [0.1, 0.15) is 0 Å². The Bertz CT molecular complexity index is 255. The van der Waals surface area contributed by atoms with Crippen LogP contribution in [-0.2, 0) is 14.8 Å². The summed E-state index contributed by atoms with van der Waals surface area (Å²) >= 11 is 0. The molecule has 0 heterocycles. The quantitative estimate of drug-likeness (QED) is 0.550. The fraction of sp³-hybridized carbons (Fsp3) is 1.00. The molecule has 1 unspecified atom stereocenters. The molecule has 0 saturated heterocycles. The van der Waals surface area contributed by atoms with Crippen LogP contribution >= 0.6 is 0 Å². The van der Waals surface area contributed by atoms with Crippen molar-refractivity contribution in [3.8, 4) is 0 Å². The van der Waals surface area contributed by atoms with Crippen LogP contribution in [0.1, 0.15) is 26.7 Å². The maximum atomic E-state index is 11.6. The van der Waals surface area contributed by atoms with Crippen molar-refractivity contribution in [3.05, 3.63) is 0 Å². The molecule has 5 nitrogen and oxygen atoms in total. The lowest BCUT2D eigenvalue weighted by atomic mass is 10.4. The van der Waals surface area contributed by atoms with Crippen LogP contribution in [0.3, 0.4) is 0 Å². The molecule has 0 aliphatic heterocycles. The van der Waals surface area contributed by atoms with Gasteiger partial charge in [-0.15, -0.1) is 0 Å². The highest BCUT2D eigenvalue weighted by atomic mass is 32.2. The molecule has 0 rings (SSSR count). The Morgan fingerprint density at radius 3 is 2.56 bits per heavy atom. The highest BCUT2D eigenvalue weighted by molar-refractivity contribution is 7.90. The second kappa shape index (κ2) is 8.92. The summed E-state index contributed by atoms with van der Waals surface area (Å²) in [5.41, 5.74) is 0. The molecule has 0 bridgehead atoms. The third kappa shape index (κ3) is 7.16. The van der Waals surface area contributed by atoms with Gasteiger partial charge in [-0.2, -0.15) is 0 Å². The van der Waals surface area contributed by atoms with Crippen LogP contribution in [0.2, 0.25) is 0 Å². The molecule has 0 amide bonds. The van der Waals surface area contributed by atoms with Gasteiger partial charge in [0, 0.05) is 26.3 Å². The maximum absolute atomic E-state index is 11.6. The van der Waals surface area contributed by atoms with E-state index in [1.807, 2.05) is 6.92 Å². The molecule has 0 aromatic heterocycles. The number of hydrogen-bond acceptors (Lipinski definition) is 4. The van der Waals surface area contributed by atoms with E-state index in [0.29, 0.717) is 26.1 Å². The zero-order valence-corrected chi connectivity index (χ0v) is 11.3. The second-order valence-corrected chi connectivity index (χ2v) is 5.96. The molecule has 0 spiro atoms. The molecule has 1 atom stereocenters. The molecule has 98 valence electrons. The summed E-state index contributed by atoms with van der Waals surface area (Å²) < 4.78 is 31.1. The summed E-state index contributed by atoms with van der Waals surface area (Å²) in [4.78, 5) is 0. The highest BCUT2D eigenvalue weighted by Crippen LogP contribution is 1.96. The minimum absolute atomic E-state index is 0.408. The summed E-state index contributed by atoms with van der Waals surface area (Å²) in [5.74, 6) is 0. The van der Waals surface area contributed by atoms with E-state index in [2.05, 4.69) is 10.0 Å². The largest absolute Gasteiger partial charge is 0.381 e. The zero-order valence-electron chi connectivity index (χ0n) is 10.5. The first kappa shape index (κ1) is 15.8. The van der Waals surface area contributed by atoms with Gasteiger partial charge >= 0.3 is 0 Å². The summed E-state index contributed by atoms with van der Waals surface area (Å²) in [6.07, 6.45) is 1.70. The van der Waals surface area contributed by atoms with Gasteiger partial charge in [-0.25, -0.2) is 13.1 Å². The predicted molar refractivity (Wildman–Crippen MR) is 66.0 cm³/mol. The van der Waals surface area contributed by atoms with E-state index < -0.39 is 15.3 Å². The standard InChI is InChI=1S/C10H24N2O3S/c1-4-7-15-8-5-6-12-16(13,14)10(2)9-11-3/h10-12H,4-9H2,1-3H3. The Labute approximate surface area is 99.0 Å². The molecule has 0 aliphatic carbocycles. The Balaban J connectivity index is 3.66. The Morgan fingerprint density at radius 1 is 1.31 bits per heavy atom. The van der Waals surface area contributed by atoms with Crippen LogP contribution in [-0.4, -0.2) is 47.0 Å². The van der Waals surface area contributed by atoms with Crippen molar-refractivity contribution in [2.45, 2.75) is 31.9 Å². The monoisotopic (exact) mass is 252 g/mol. The number of hydrogen-bond donors (Lipinski definition) is 2. The lowest BCUT2D eigenvalue weighted by molar-refractivity contribution is 0.133. The van der Waals surface area contributed by atoms with Crippen LogP contribution in [0.15, 0.2) is 0 Å². The SMILES string of the molecule is CCCOCCCNS(=O)(=O)C(C)CNC. The fourth-order valence-electron chi connectivity index (χ4n) is 1.17. The van der Waals surface area contributed by atoms with Gasteiger partial charge in [-0.3, -0.25) is 0 Å². The number of rotatable bonds is 10. The Morgan fingerprint density at radius 2 is 2.00 bits per heavy atom. The Kier molecular flexibility index (Phi) is 8.83. The molecule has 16 heavy (non-hydrogen) atoms. The van der Waals surface area contributed by atoms with Gasteiger partial charge in [-0.05, 0) is 26.8 Å². The molecule has 0 saturated carbocycles. The topological polar surface area (TPSA) is 67.4 Å². The van der Waals surface area contributed by atoms with Crippen molar-refractivity contribution in [2.75, 3.05) is 33.4 Å². The van der Waals surface area contributed by atoms with E-state index in [4.69, 9.17) is 4.74 Å². The van der Waals surface area contributed by atoms with Crippen molar-refractivity contribution < 1.29 is 13.2 Å². The molecule has 0 radical (unpaired) electrons. The average Bonchev–Trinajstić information content (AvgIpc) is 2.23. The minimum atomic E-state index is -3.18. The van der Waals surface area contributed by atoms with Crippen molar-refractivity contribution in [1.82, 2.24) is 10.0 Å². The lowest BCUT2D eigenvalue weighted by Gasteiger charge is -2.13. The van der Waals surface area contributed by atoms with Gasteiger partial charge in [0.15, 0.2) is 0 Å². The van der Waals surface area contributed by atoms with E-state index >= 15 is 0 Å². The third-order valence-electron chi connectivity index (χ3n) is 2.14. The minimum Gasteiger partial charge on any atom is -0.381 e. The van der Waals surface area contributed by atoms with Crippen LogP contribution in [0.25, 0.3) is 0 Å². The van der Waals surface area contributed by atoms with Gasteiger partial charge in [0.25, 0.3) is 0 Å². The van der Waals surface area contributed by atoms with Crippen LogP contribution in [0, 0.1) is 0 Å². The lowest BCUT2D eigenvalue weighted by Crippen LogP contribution is -2.38. The van der Waals surface area contributed by atoms with Crippen molar-refractivity contribution in [1.29, 1.82) is 0 Å². The zero-order chi connectivity index (χ0) is 12.4. The van der Waals surface area contributed by atoms with Gasteiger partial charge in [-0.1, -0.05) is 6.92 Å². The molecule has 0 aromatic rings. The van der Waals surface area contributed by atoms with Crippen molar-refractivity contribution in [2.24, 2.45) is 0 Å². The van der Waals surface area contributed by atoms with Crippen molar-refractivity contribution >= 4 is 10.0 Å². The summed E-state index contributed by atoms with van der Waals surface area (Å²) in [6.45, 7) is 5.98. The molecular weight excluding hydrogens is 228 g/mol. The van der Waals surface area contributed by atoms with E-state index in [1.54, 1.807) is 14.0 Å². The van der Waals surface area contributed by atoms with E-state index in [9.17, 15) is 8.42 Å². The first-order valence-corrected chi connectivity index (χ1v) is 7.30. The van der Waals surface area contributed by atoms with Crippen LogP contribution < -0.4 is 10.0 Å². The molecule has 0 fully saturated rings. The fourth-order valence-corrected chi connectivity index (χ4v) is 2.27. The van der Waals surface area contributed by atoms with Crippen LogP contribution in [0.4, 0.5) is 0 Å². The predicted octanol–water partition coefficient (Wildman–Crippen LogP) is 0.330. The molecular formula is C10H24N2O3S. The first-order valence-electron chi connectivity index (χ1n) is 5.75. The number of ether oxygens (including phenoxy) is 1. The second-order valence-electron chi connectivity index (χ2n) is 3.77. The number of sulfonamides is 1. The van der Waals surface area contributed by atoms with Gasteiger partial charge < -0.3 is 10.1 Å². The van der Waals surface area contributed by atoms with E-state index in [0.717, 1.165) is 13.0 Å². The van der Waals surface area contributed by atoms with Gasteiger partial charge in [0.2, 0.25) is 10.0 Å². The molecule has 2 N–H and O–H groups in total. The highest BCUT2D eigenvalue weighted by Gasteiger charge is 2.18. The maximum Gasteiger partial charge on any atom is 0.215 e.